The van der Waals surface area contributed by atoms with Crippen molar-refractivity contribution in [2.24, 2.45) is 0 Å². The van der Waals surface area contributed by atoms with E-state index in [2.05, 4.69) is 9.62 Å². The fraction of sp³-hybridized carbons (Fsp3) is 0.269. The molecule has 0 aromatic heterocycles. The third-order valence-corrected chi connectivity index (χ3v) is 7.19. The topological polar surface area (TPSA) is 78.9 Å². The number of nitrogens with one attached hydrogen (secondary N) is 1. The van der Waals surface area contributed by atoms with E-state index in [4.69, 9.17) is 4.74 Å². The molecule has 1 fully saturated rings. The standard InChI is InChI=1S/C26H28FN3O4S/c1-19-15-20(2)17-22(16-19)28-35(32,33)25-9-7-24(8-10-25)34-18-26(31)30-13-11-29(12-14-30)23-5-3-21(27)4-6-23/h3-10,15-17,28H,11-14,18H2,1-2H3. The Morgan fingerprint density at radius 2 is 1.51 bits per heavy atom. The lowest BCUT2D eigenvalue weighted by Crippen LogP contribution is -2.50. The minimum absolute atomic E-state index is 0.104. The third kappa shape index (κ3) is 6.30. The van der Waals surface area contributed by atoms with Crippen molar-refractivity contribution in [3.8, 4) is 5.75 Å². The minimum atomic E-state index is -3.75. The highest BCUT2D eigenvalue weighted by Gasteiger charge is 2.22. The van der Waals surface area contributed by atoms with Crippen molar-refractivity contribution in [3.05, 3.63) is 83.7 Å². The molecule has 0 aliphatic carbocycles. The Balaban J connectivity index is 1.29. The Bertz CT molecular complexity index is 1270. The summed E-state index contributed by atoms with van der Waals surface area (Å²) in [6.07, 6.45) is 0. The van der Waals surface area contributed by atoms with Crippen LogP contribution in [0.4, 0.5) is 15.8 Å². The monoisotopic (exact) mass is 497 g/mol. The predicted octanol–water partition coefficient (Wildman–Crippen LogP) is 3.97. The first-order valence-electron chi connectivity index (χ1n) is 11.3. The van der Waals surface area contributed by atoms with E-state index >= 15 is 0 Å². The summed E-state index contributed by atoms with van der Waals surface area (Å²) < 4.78 is 46.8. The van der Waals surface area contributed by atoms with E-state index in [1.54, 1.807) is 29.2 Å². The van der Waals surface area contributed by atoms with E-state index in [0.29, 0.717) is 37.6 Å². The van der Waals surface area contributed by atoms with Gasteiger partial charge in [-0.3, -0.25) is 9.52 Å². The number of aryl methyl sites for hydroxylation is 2. The first kappa shape index (κ1) is 24.5. The van der Waals surface area contributed by atoms with Gasteiger partial charge >= 0.3 is 0 Å². The molecule has 0 spiro atoms. The lowest BCUT2D eigenvalue weighted by molar-refractivity contribution is -0.133. The maximum Gasteiger partial charge on any atom is 0.261 e. The highest BCUT2D eigenvalue weighted by Crippen LogP contribution is 2.22. The van der Waals surface area contributed by atoms with Crippen LogP contribution in [0.3, 0.4) is 0 Å². The van der Waals surface area contributed by atoms with Crippen molar-refractivity contribution in [2.75, 3.05) is 42.4 Å². The molecule has 184 valence electrons. The molecule has 3 aromatic rings. The molecule has 0 atom stereocenters. The van der Waals surface area contributed by atoms with Crippen LogP contribution < -0.4 is 14.4 Å². The van der Waals surface area contributed by atoms with Crippen molar-refractivity contribution in [2.45, 2.75) is 18.7 Å². The SMILES string of the molecule is Cc1cc(C)cc(NS(=O)(=O)c2ccc(OCC(=O)N3CCN(c4ccc(F)cc4)CC3)cc2)c1. The van der Waals surface area contributed by atoms with Crippen LogP contribution in [0.25, 0.3) is 0 Å². The van der Waals surface area contributed by atoms with Gasteiger partial charge in [0.2, 0.25) is 0 Å². The number of halogens is 1. The molecule has 1 amide bonds. The molecule has 0 saturated carbocycles. The number of rotatable bonds is 7. The second kappa shape index (κ2) is 10.4. The van der Waals surface area contributed by atoms with E-state index in [9.17, 15) is 17.6 Å². The fourth-order valence-corrected chi connectivity index (χ4v) is 5.11. The molecule has 0 unspecified atom stereocenters. The first-order valence-corrected chi connectivity index (χ1v) is 12.8. The zero-order chi connectivity index (χ0) is 25.0. The van der Waals surface area contributed by atoms with Gasteiger partial charge in [0, 0.05) is 37.6 Å². The number of sulfonamides is 1. The van der Waals surface area contributed by atoms with Gasteiger partial charge in [0.1, 0.15) is 11.6 Å². The molecule has 9 heteroatoms. The minimum Gasteiger partial charge on any atom is -0.484 e. The van der Waals surface area contributed by atoms with Gasteiger partial charge in [0.05, 0.1) is 4.90 Å². The smallest absolute Gasteiger partial charge is 0.261 e. The van der Waals surface area contributed by atoms with Gasteiger partial charge in [-0.25, -0.2) is 12.8 Å². The van der Waals surface area contributed by atoms with Crippen LogP contribution in [0, 0.1) is 19.7 Å². The van der Waals surface area contributed by atoms with Crippen molar-refractivity contribution in [3.63, 3.8) is 0 Å². The van der Waals surface area contributed by atoms with E-state index in [1.165, 1.54) is 36.4 Å². The van der Waals surface area contributed by atoms with Gasteiger partial charge in [0.25, 0.3) is 15.9 Å². The number of amides is 1. The molecule has 0 bridgehead atoms. The van der Waals surface area contributed by atoms with Crippen molar-refractivity contribution < 1.29 is 22.3 Å². The number of carbonyl (C=O) groups is 1. The van der Waals surface area contributed by atoms with E-state index in [1.807, 2.05) is 19.9 Å². The summed E-state index contributed by atoms with van der Waals surface area (Å²) >= 11 is 0. The molecule has 35 heavy (non-hydrogen) atoms. The summed E-state index contributed by atoms with van der Waals surface area (Å²) in [6.45, 7) is 6.06. The third-order valence-electron chi connectivity index (χ3n) is 5.79. The van der Waals surface area contributed by atoms with Crippen molar-refractivity contribution in [1.82, 2.24) is 4.90 Å². The van der Waals surface area contributed by atoms with Crippen molar-refractivity contribution >= 4 is 27.3 Å². The van der Waals surface area contributed by atoms with E-state index < -0.39 is 10.0 Å². The fourth-order valence-electron chi connectivity index (χ4n) is 4.07. The quantitative estimate of drug-likeness (QED) is 0.535. The zero-order valence-corrected chi connectivity index (χ0v) is 20.5. The number of hydrogen-bond donors (Lipinski definition) is 1. The van der Waals surface area contributed by atoms with Gasteiger partial charge in [-0.15, -0.1) is 0 Å². The number of anilines is 2. The van der Waals surface area contributed by atoms with Crippen LogP contribution >= 0.6 is 0 Å². The molecule has 7 nitrogen and oxygen atoms in total. The average Bonchev–Trinajstić information content (AvgIpc) is 2.82. The van der Waals surface area contributed by atoms with Gasteiger partial charge in [-0.2, -0.15) is 0 Å². The summed E-state index contributed by atoms with van der Waals surface area (Å²) in [5, 5.41) is 0. The maximum absolute atomic E-state index is 13.1. The molecular weight excluding hydrogens is 469 g/mol. The number of hydrogen-bond acceptors (Lipinski definition) is 5. The van der Waals surface area contributed by atoms with Crippen LogP contribution in [0.2, 0.25) is 0 Å². The number of piperazine rings is 1. The summed E-state index contributed by atoms with van der Waals surface area (Å²) in [6, 6.07) is 17.8. The maximum atomic E-state index is 13.1. The van der Waals surface area contributed by atoms with Gasteiger partial charge < -0.3 is 14.5 Å². The van der Waals surface area contributed by atoms with Crippen LogP contribution in [-0.4, -0.2) is 52.0 Å². The largest absolute Gasteiger partial charge is 0.484 e. The van der Waals surface area contributed by atoms with E-state index in [-0.39, 0.29) is 23.2 Å². The first-order chi connectivity index (χ1) is 16.7. The van der Waals surface area contributed by atoms with Gasteiger partial charge in [0.15, 0.2) is 6.61 Å². The molecule has 1 aliphatic rings. The summed E-state index contributed by atoms with van der Waals surface area (Å²) in [4.78, 5) is 16.5. The Kier molecular flexibility index (Phi) is 7.25. The number of ether oxygens (including phenoxy) is 1. The highest BCUT2D eigenvalue weighted by atomic mass is 32.2. The van der Waals surface area contributed by atoms with Crippen LogP contribution in [0.5, 0.6) is 5.75 Å². The number of nitrogens with zero attached hydrogens (tertiary/aromatic N) is 2. The van der Waals surface area contributed by atoms with Crippen molar-refractivity contribution in [1.29, 1.82) is 0 Å². The van der Waals surface area contributed by atoms with Crippen LogP contribution in [0.15, 0.2) is 71.6 Å². The van der Waals surface area contributed by atoms with Gasteiger partial charge in [-0.1, -0.05) is 6.07 Å². The normalized spacial score (nSPS) is 14.0. The second-order valence-electron chi connectivity index (χ2n) is 8.59. The Morgan fingerprint density at radius 3 is 2.11 bits per heavy atom. The molecule has 1 N–H and O–H groups in total. The molecule has 0 radical (unpaired) electrons. The Hall–Kier alpha value is -3.59. The molecule has 1 heterocycles. The number of benzene rings is 3. The lowest BCUT2D eigenvalue weighted by atomic mass is 10.1. The van der Waals surface area contributed by atoms with Gasteiger partial charge in [-0.05, 0) is 85.6 Å². The molecule has 1 aliphatic heterocycles. The average molecular weight is 498 g/mol. The lowest BCUT2D eigenvalue weighted by Gasteiger charge is -2.36. The molecule has 4 rings (SSSR count). The molecular formula is C26H28FN3O4S. The Morgan fingerprint density at radius 1 is 0.914 bits per heavy atom. The summed E-state index contributed by atoms with van der Waals surface area (Å²) in [7, 11) is -3.75. The molecule has 1 saturated heterocycles. The van der Waals surface area contributed by atoms with E-state index in [0.717, 1.165) is 16.8 Å². The number of carbonyl (C=O) groups excluding carboxylic acids is 1. The second-order valence-corrected chi connectivity index (χ2v) is 10.3. The van der Waals surface area contributed by atoms with Crippen LogP contribution in [0.1, 0.15) is 11.1 Å². The summed E-state index contributed by atoms with van der Waals surface area (Å²) in [5.74, 6) is -0.00597. The predicted molar refractivity (Wildman–Crippen MR) is 134 cm³/mol. The molecule has 3 aromatic carbocycles. The summed E-state index contributed by atoms with van der Waals surface area (Å²) in [5.41, 5.74) is 3.37. The highest BCUT2D eigenvalue weighted by molar-refractivity contribution is 7.92. The zero-order valence-electron chi connectivity index (χ0n) is 19.7. The van der Waals surface area contributed by atoms with Crippen LogP contribution in [-0.2, 0) is 14.8 Å². The Labute approximate surface area is 205 Å².